The van der Waals surface area contributed by atoms with Gasteiger partial charge in [-0.25, -0.2) is 0 Å². The Morgan fingerprint density at radius 1 is 1.00 bits per heavy atom. The van der Waals surface area contributed by atoms with Gasteiger partial charge in [-0.2, -0.15) is 0 Å². The first-order valence-electron chi connectivity index (χ1n) is 7.30. The van der Waals surface area contributed by atoms with E-state index in [0.29, 0.717) is 6.42 Å². The third kappa shape index (κ3) is 4.04. The van der Waals surface area contributed by atoms with Gasteiger partial charge in [0, 0.05) is 16.5 Å². The van der Waals surface area contributed by atoms with E-state index < -0.39 is 0 Å². The van der Waals surface area contributed by atoms with Crippen LogP contribution >= 0.6 is 15.9 Å². The van der Waals surface area contributed by atoms with Crippen molar-refractivity contribution in [2.45, 2.75) is 39.0 Å². The van der Waals surface area contributed by atoms with E-state index in [4.69, 9.17) is 0 Å². The van der Waals surface area contributed by atoms with E-state index in [1.165, 1.54) is 5.56 Å². The molecule has 0 bridgehead atoms. The highest BCUT2D eigenvalue weighted by atomic mass is 79.9. The summed E-state index contributed by atoms with van der Waals surface area (Å²) in [7, 11) is 0. The molecule has 0 amide bonds. The second-order valence-corrected chi connectivity index (χ2v) is 6.96. The van der Waals surface area contributed by atoms with Crippen molar-refractivity contribution < 1.29 is 4.79 Å². The maximum atomic E-state index is 12.3. The number of ketones is 1. The van der Waals surface area contributed by atoms with Gasteiger partial charge in [0.1, 0.15) is 0 Å². The fourth-order valence-electron chi connectivity index (χ4n) is 2.20. The number of rotatable bonds is 5. The van der Waals surface area contributed by atoms with E-state index in [-0.39, 0.29) is 11.2 Å². The molecule has 0 aliphatic heterocycles. The first kappa shape index (κ1) is 16.0. The molecule has 110 valence electrons. The normalized spacial score (nSPS) is 11.4. The summed E-state index contributed by atoms with van der Waals surface area (Å²) in [5.41, 5.74) is 3.27. The first-order valence-corrected chi connectivity index (χ1v) is 8.10. The molecule has 0 atom stereocenters. The van der Waals surface area contributed by atoms with Crippen molar-refractivity contribution in [1.82, 2.24) is 0 Å². The van der Waals surface area contributed by atoms with Gasteiger partial charge in [-0.15, -0.1) is 0 Å². The summed E-state index contributed by atoms with van der Waals surface area (Å²) < 4.78 is 1.03. The van der Waals surface area contributed by atoms with Gasteiger partial charge in [-0.1, -0.05) is 73.1 Å². The lowest BCUT2D eigenvalue weighted by Crippen LogP contribution is -2.15. The lowest BCUT2D eigenvalue weighted by molar-refractivity contribution is 0.0993. The third-order valence-corrected chi connectivity index (χ3v) is 4.68. The number of carbonyl (C=O) groups excluding carboxylic acids is 1. The van der Waals surface area contributed by atoms with Crippen LogP contribution in [0.15, 0.2) is 53.0 Å². The molecule has 2 heteroatoms. The minimum Gasteiger partial charge on any atom is -0.294 e. The number of carbonyl (C=O) groups is 1. The van der Waals surface area contributed by atoms with Crippen molar-refractivity contribution in [2.75, 3.05) is 0 Å². The molecule has 0 aliphatic rings. The lowest BCUT2D eigenvalue weighted by atomic mass is 9.82. The molecular weight excluding hydrogens is 324 g/mol. The number of hydrogen-bond acceptors (Lipinski definition) is 1. The minimum atomic E-state index is 0.160. The van der Waals surface area contributed by atoms with Crippen LogP contribution in [0.5, 0.6) is 0 Å². The number of hydrogen-bond donors (Lipinski definition) is 0. The second-order valence-electron chi connectivity index (χ2n) is 6.04. The number of Topliss-reactive ketones (excluding diaryl/α,β-unsaturated/α-hetero) is 1. The average molecular weight is 345 g/mol. The topological polar surface area (TPSA) is 17.1 Å². The highest BCUT2D eigenvalue weighted by Crippen LogP contribution is 2.26. The number of benzene rings is 2. The van der Waals surface area contributed by atoms with Crippen LogP contribution in [0.25, 0.3) is 0 Å². The summed E-state index contributed by atoms with van der Waals surface area (Å²) in [4.78, 5) is 12.3. The molecule has 2 aromatic carbocycles. The Kier molecular flexibility index (Phi) is 5.00. The van der Waals surface area contributed by atoms with Gasteiger partial charge < -0.3 is 0 Å². The molecule has 0 saturated carbocycles. The zero-order valence-electron chi connectivity index (χ0n) is 12.8. The zero-order chi connectivity index (χ0) is 15.5. The van der Waals surface area contributed by atoms with Crippen molar-refractivity contribution in [3.8, 4) is 0 Å². The minimum absolute atomic E-state index is 0.160. The summed E-state index contributed by atoms with van der Waals surface area (Å²) in [6, 6.07) is 16.0. The Labute approximate surface area is 135 Å². The summed E-state index contributed by atoms with van der Waals surface area (Å²) in [5, 5.41) is 0. The Bertz CT molecular complexity index is 609. The molecule has 0 radical (unpaired) electrons. The lowest BCUT2D eigenvalue weighted by Gasteiger charge is -2.23. The van der Waals surface area contributed by atoms with Crippen LogP contribution in [0, 0.1) is 0 Å². The van der Waals surface area contributed by atoms with E-state index >= 15 is 0 Å². The van der Waals surface area contributed by atoms with E-state index in [2.05, 4.69) is 48.8 Å². The van der Waals surface area contributed by atoms with E-state index in [1.807, 2.05) is 36.4 Å². The molecule has 1 nitrogen and oxygen atoms in total. The summed E-state index contributed by atoms with van der Waals surface area (Å²) in [6.45, 7) is 6.64. The molecular formula is C19H21BrO. The van der Waals surface area contributed by atoms with Crippen molar-refractivity contribution in [1.29, 1.82) is 0 Å². The Hall–Kier alpha value is -1.41. The maximum absolute atomic E-state index is 12.3. The van der Waals surface area contributed by atoms with Crippen molar-refractivity contribution in [2.24, 2.45) is 0 Å². The van der Waals surface area contributed by atoms with E-state index in [1.54, 1.807) is 0 Å². The highest BCUT2D eigenvalue weighted by molar-refractivity contribution is 9.10. The molecule has 0 heterocycles. The fourth-order valence-corrected chi connectivity index (χ4v) is 2.47. The summed E-state index contributed by atoms with van der Waals surface area (Å²) in [5.74, 6) is 0.165. The van der Waals surface area contributed by atoms with E-state index in [0.717, 1.165) is 22.0 Å². The Morgan fingerprint density at radius 2 is 1.57 bits per heavy atom. The molecule has 0 N–H and O–H groups in total. The summed E-state index contributed by atoms with van der Waals surface area (Å²) >= 11 is 3.40. The highest BCUT2D eigenvalue weighted by Gasteiger charge is 2.18. The Balaban J connectivity index is 2.11. The SMILES string of the molecule is CCC(C)(C)c1ccc(C(=O)Cc2ccc(Br)cc2)cc1. The number of halogens is 1. The summed E-state index contributed by atoms with van der Waals surface area (Å²) in [6.07, 6.45) is 1.53. The maximum Gasteiger partial charge on any atom is 0.167 e. The second kappa shape index (κ2) is 6.57. The molecule has 0 unspecified atom stereocenters. The monoisotopic (exact) mass is 344 g/mol. The van der Waals surface area contributed by atoms with Crippen LogP contribution in [0.1, 0.15) is 48.7 Å². The molecule has 0 aromatic heterocycles. The molecule has 21 heavy (non-hydrogen) atoms. The fraction of sp³-hybridized carbons (Fsp3) is 0.316. The van der Waals surface area contributed by atoms with E-state index in [9.17, 15) is 4.79 Å². The first-order chi connectivity index (χ1) is 9.92. The van der Waals surface area contributed by atoms with Crippen molar-refractivity contribution in [3.05, 3.63) is 69.7 Å². The van der Waals surface area contributed by atoms with Gasteiger partial charge in [0.2, 0.25) is 0 Å². The van der Waals surface area contributed by atoms with Gasteiger partial charge >= 0.3 is 0 Å². The molecule has 0 aliphatic carbocycles. The molecule has 0 fully saturated rings. The predicted octanol–water partition coefficient (Wildman–Crippen LogP) is 5.56. The van der Waals surface area contributed by atoms with Crippen LogP contribution < -0.4 is 0 Å². The third-order valence-electron chi connectivity index (χ3n) is 4.15. The molecule has 0 spiro atoms. The van der Waals surface area contributed by atoms with Gasteiger partial charge in [-0.3, -0.25) is 4.79 Å². The molecule has 2 rings (SSSR count). The van der Waals surface area contributed by atoms with Gasteiger partial charge in [0.05, 0.1) is 0 Å². The van der Waals surface area contributed by atoms with Gasteiger partial charge in [0.25, 0.3) is 0 Å². The zero-order valence-corrected chi connectivity index (χ0v) is 14.4. The van der Waals surface area contributed by atoms with Crippen LogP contribution in [-0.4, -0.2) is 5.78 Å². The Morgan fingerprint density at radius 3 is 2.10 bits per heavy atom. The van der Waals surface area contributed by atoms with Gasteiger partial charge in [0.15, 0.2) is 5.78 Å². The van der Waals surface area contributed by atoms with Crippen LogP contribution in [0.4, 0.5) is 0 Å². The van der Waals surface area contributed by atoms with Crippen molar-refractivity contribution >= 4 is 21.7 Å². The standard InChI is InChI=1S/C19H21BrO/c1-4-19(2,3)16-9-7-15(8-10-16)18(21)13-14-5-11-17(20)12-6-14/h5-12H,4,13H2,1-3H3. The predicted molar refractivity (Wildman–Crippen MR) is 91.9 cm³/mol. The molecule has 2 aromatic rings. The van der Waals surface area contributed by atoms with Gasteiger partial charge in [-0.05, 0) is 35.1 Å². The van der Waals surface area contributed by atoms with Crippen LogP contribution in [-0.2, 0) is 11.8 Å². The largest absolute Gasteiger partial charge is 0.294 e. The van der Waals surface area contributed by atoms with Crippen molar-refractivity contribution in [3.63, 3.8) is 0 Å². The smallest absolute Gasteiger partial charge is 0.167 e. The van der Waals surface area contributed by atoms with Crippen LogP contribution in [0.3, 0.4) is 0 Å². The average Bonchev–Trinajstić information content (AvgIpc) is 2.49. The van der Waals surface area contributed by atoms with Crippen LogP contribution in [0.2, 0.25) is 0 Å². The quantitative estimate of drug-likeness (QED) is 0.648. The molecule has 0 saturated heterocycles.